The smallest absolute Gasteiger partial charge is 0.387 e. The first-order valence-corrected chi connectivity index (χ1v) is 8.19. The fraction of sp³-hybridized carbons (Fsp3) is 0.214. The number of nitrogens with two attached hydrogens (primary N) is 1. The molecule has 0 bridgehead atoms. The van der Waals surface area contributed by atoms with Crippen molar-refractivity contribution in [3.63, 3.8) is 0 Å². The molecule has 0 radical (unpaired) electrons. The predicted molar refractivity (Wildman–Crippen MR) is 79.0 cm³/mol. The second kappa shape index (κ2) is 6.97. The topological polar surface area (TPSA) is 112 Å². The number of carbonyl (C=O) groups is 1. The lowest BCUT2D eigenvalue weighted by Gasteiger charge is -2.14. The molecule has 0 aliphatic rings. The van der Waals surface area contributed by atoms with Gasteiger partial charge in [0.15, 0.2) is 5.76 Å². The minimum Gasteiger partial charge on any atom is -0.438 e. The third-order valence-electron chi connectivity index (χ3n) is 3.04. The van der Waals surface area contributed by atoms with Crippen LogP contribution in [0.25, 0.3) is 0 Å². The zero-order valence-electron chi connectivity index (χ0n) is 12.4. The van der Waals surface area contributed by atoms with E-state index in [0.717, 1.165) is 6.07 Å². The molecule has 0 aliphatic carbocycles. The quantitative estimate of drug-likeness (QED) is 0.818. The second-order valence-corrected chi connectivity index (χ2v) is 6.30. The third-order valence-corrected chi connectivity index (χ3v) is 3.82. The zero-order valence-corrected chi connectivity index (χ0v) is 13.2. The molecule has 10 heteroatoms. The molecular formula is C14H14F2N2O5S. The Morgan fingerprint density at radius 1 is 1.21 bits per heavy atom. The Morgan fingerprint density at radius 2 is 1.83 bits per heavy atom. The number of hydrogen-bond donors (Lipinski definition) is 2. The lowest BCUT2D eigenvalue weighted by atomic mass is 10.1. The largest absolute Gasteiger partial charge is 0.438 e. The van der Waals surface area contributed by atoms with Crippen molar-refractivity contribution in [2.24, 2.45) is 5.14 Å². The molecule has 2 aromatic rings. The van der Waals surface area contributed by atoms with Gasteiger partial charge in [-0.15, -0.1) is 0 Å². The van der Waals surface area contributed by atoms with Crippen molar-refractivity contribution < 1.29 is 31.1 Å². The molecule has 0 unspecified atom stereocenters. The summed E-state index contributed by atoms with van der Waals surface area (Å²) < 4.78 is 55.5. The third kappa shape index (κ3) is 4.52. The summed E-state index contributed by atoms with van der Waals surface area (Å²) in [6.07, 6.45) is 0. The molecule has 24 heavy (non-hydrogen) atoms. The molecule has 0 aliphatic heterocycles. The van der Waals surface area contributed by atoms with Crippen molar-refractivity contribution >= 4 is 15.9 Å². The molecule has 1 aromatic carbocycles. The number of hydrogen-bond acceptors (Lipinski definition) is 5. The van der Waals surface area contributed by atoms with Gasteiger partial charge in [-0.05, 0) is 36.8 Å². The molecule has 3 N–H and O–H groups in total. The molecule has 7 nitrogen and oxygen atoms in total. The van der Waals surface area contributed by atoms with Gasteiger partial charge in [0.2, 0.25) is 5.09 Å². The van der Waals surface area contributed by atoms with Crippen LogP contribution in [-0.4, -0.2) is 20.9 Å². The van der Waals surface area contributed by atoms with Crippen LogP contribution in [0.1, 0.15) is 29.1 Å². The fourth-order valence-corrected chi connectivity index (χ4v) is 2.35. The molecule has 130 valence electrons. The van der Waals surface area contributed by atoms with Crippen molar-refractivity contribution in [1.82, 2.24) is 5.32 Å². The number of alkyl halides is 2. The molecule has 0 spiro atoms. The van der Waals surface area contributed by atoms with Gasteiger partial charge in [0.1, 0.15) is 5.75 Å². The maximum Gasteiger partial charge on any atom is 0.387 e. The molecule has 0 saturated heterocycles. The Kier molecular flexibility index (Phi) is 5.20. The van der Waals surface area contributed by atoms with E-state index in [1.165, 1.54) is 30.3 Å². The van der Waals surface area contributed by atoms with Crippen LogP contribution in [0.4, 0.5) is 8.78 Å². The van der Waals surface area contributed by atoms with Gasteiger partial charge >= 0.3 is 6.61 Å². The number of amides is 1. The first-order chi connectivity index (χ1) is 11.2. The number of nitrogens with one attached hydrogen (secondary N) is 1. The van der Waals surface area contributed by atoms with Gasteiger partial charge in [-0.3, -0.25) is 4.79 Å². The zero-order chi connectivity index (χ0) is 17.9. The summed E-state index contributed by atoms with van der Waals surface area (Å²) in [4.78, 5) is 12.0. The Morgan fingerprint density at radius 3 is 2.33 bits per heavy atom. The molecule has 1 aromatic heterocycles. The molecule has 1 amide bonds. The number of halogens is 2. The van der Waals surface area contributed by atoms with Crippen LogP contribution in [0.5, 0.6) is 5.75 Å². The standard InChI is InChI=1S/C14H14F2N2O5S/c1-8(9-2-4-10(5-3-9)22-14(15)16)18-13(19)11-6-7-12(23-11)24(17,20)21/h2-8,14H,1H3,(H,18,19)(H2,17,20,21)/t8-/m1/s1. The van der Waals surface area contributed by atoms with Gasteiger partial charge in [0, 0.05) is 0 Å². The Hall–Kier alpha value is -2.46. The lowest BCUT2D eigenvalue weighted by molar-refractivity contribution is -0.0498. The minimum absolute atomic E-state index is 0.00361. The van der Waals surface area contributed by atoms with Crippen LogP contribution < -0.4 is 15.2 Å². The molecular weight excluding hydrogens is 346 g/mol. The van der Waals surface area contributed by atoms with Crippen molar-refractivity contribution in [3.05, 3.63) is 47.7 Å². The number of ether oxygens (including phenoxy) is 1. The summed E-state index contributed by atoms with van der Waals surface area (Å²) in [7, 11) is -4.03. The minimum atomic E-state index is -4.03. The van der Waals surface area contributed by atoms with E-state index in [-0.39, 0.29) is 11.5 Å². The van der Waals surface area contributed by atoms with E-state index in [4.69, 9.17) is 9.56 Å². The molecule has 1 heterocycles. The van der Waals surface area contributed by atoms with E-state index in [0.29, 0.717) is 5.56 Å². The summed E-state index contributed by atoms with van der Waals surface area (Å²) in [5.74, 6) is -0.870. The summed E-state index contributed by atoms with van der Waals surface area (Å²) >= 11 is 0. The van der Waals surface area contributed by atoms with E-state index in [9.17, 15) is 22.0 Å². The number of carbonyl (C=O) groups excluding carboxylic acids is 1. The average molecular weight is 360 g/mol. The van der Waals surface area contributed by atoms with Crippen LogP contribution in [0, 0.1) is 0 Å². The number of furan rings is 1. The number of benzene rings is 1. The first kappa shape index (κ1) is 17.9. The predicted octanol–water partition coefficient (Wildman–Crippen LogP) is 2.02. The SMILES string of the molecule is C[C@@H](NC(=O)c1ccc(S(N)(=O)=O)o1)c1ccc(OC(F)F)cc1. The van der Waals surface area contributed by atoms with Gasteiger partial charge in [-0.2, -0.15) is 8.78 Å². The maximum absolute atomic E-state index is 12.1. The van der Waals surface area contributed by atoms with Gasteiger partial charge < -0.3 is 14.5 Å². The highest BCUT2D eigenvalue weighted by Crippen LogP contribution is 2.20. The van der Waals surface area contributed by atoms with E-state index < -0.39 is 33.7 Å². The van der Waals surface area contributed by atoms with Gasteiger partial charge in [0.25, 0.3) is 15.9 Å². The molecule has 1 atom stereocenters. The van der Waals surface area contributed by atoms with E-state index in [1.807, 2.05) is 0 Å². The van der Waals surface area contributed by atoms with E-state index in [2.05, 4.69) is 10.1 Å². The number of sulfonamides is 1. The molecule has 2 rings (SSSR count). The summed E-state index contributed by atoms with van der Waals surface area (Å²) in [5, 5.41) is 6.95. The summed E-state index contributed by atoms with van der Waals surface area (Å²) in [6.45, 7) is -1.26. The highest BCUT2D eigenvalue weighted by atomic mass is 32.2. The summed E-state index contributed by atoms with van der Waals surface area (Å²) in [5.41, 5.74) is 0.628. The normalized spacial score (nSPS) is 12.9. The monoisotopic (exact) mass is 360 g/mol. The maximum atomic E-state index is 12.1. The van der Waals surface area contributed by atoms with Crippen LogP contribution in [-0.2, 0) is 10.0 Å². The average Bonchev–Trinajstić information content (AvgIpc) is 2.97. The Balaban J connectivity index is 2.04. The van der Waals surface area contributed by atoms with Crippen LogP contribution in [0.15, 0.2) is 45.9 Å². The van der Waals surface area contributed by atoms with Crippen LogP contribution in [0.2, 0.25) is 0 Å². The van der Waals surface area contributed by atoms with Gasteiger partial charge in [-0.1, -0.05) is 12.1 Å². The van der Waals surface area contributed by atoms with Crippen LogP contribution >= 0.6 is 0 Å². The Labute approximate surface area is 136 Å². The number of rotatable bonds is 6. The van der Waals surface area contributed by atoms with E-state index in [1.54, 1.807) is 6.92 Å². The highest BCUT2D eigenvalue weighted by molar-refractivity contribution is 7.89. The van der Waals surface area contributed by atoms with Crippen molar-refractivity contribution in [3.8, 4) is 5.75 Å². The number of primary sulfonamides is 1. The first-order valence-electron chi connectivity index (χ1n) is 6.65. The van der Waals surface area contributed by atoms with Gasteiger partial charge in [-0.25, -0.2) is 13.6 Å². The van der Waals surface area contributed by atoms with Crippen molar-refractivity contribution in [2.45, 2.75) is 24.7 Å². The summed E-state index contributed by atoms with van der Waals surface area (Å²) in [6, 6.07) is 7.49. The van der Waals surface area contributed by atoms with E-state index >= 15 is 0 Å². The van der Waals surface area contributed by atoms with Crippen molar-refractivity contribution in [2.75, 3.05) is 0 Å². The molecule has 0 saturated carbocycles. The fourth-order valence-electron chi connectivity index (χ4n) is 1.88. The van der Waals surface area contributed by atoms with Gasteiger partial charge in [0.05, 0.1) is 6.04 Å². The Bertz CT molecular complexity index is 818. The van der Waals surface area contributed by atoms with Crippen molar-refractivity contribution in [1.29, 1.82) is 0 Å². The highest BCUT2D eigenvalue weighted by Gasteiger charge is 2.19. The second-order valence-electron chi connectivity index (χ2n) is 4.81. The molecule has 0 fully saturated rings. The van der Waals surface area contributed by atoms with Crippen LogP contribution in [0.3, 0.4) is 0 Å². The lowest BCUT2D eigenvalue weighted by Crippen LogP contribution is -2.26.